The Morgan fingerprint density at radius 3 is 2.90 bits per heavy atom. The Kier molecular flexibility index (Phi) is 9.54. The van der Waals surface area contributed by atoms with Gasteiger partial charge in [0.05, 0.1) is 0 Å². The molecule has 0 aliphatic carbocycles. The zero-order chi connectivity index (χ0) is 14.6. The third kappa shape index (κ3) is 7.78. The van der Waals surface area contributed by atoms with Crippen LogP contribution in [0.5, 0.6) is 5.75 Å². The summed E-state index contributed by atoms with van der Waals surface area (Å²) in [4.78, 5) is 2.31. The molecule has 1 aromatic carbocycles. The number of hydrogen-bond donors (Lipinski definition) is 1. The molecule has 1 N–H and O–H groups in total. The molecule has 0 spiro atoms. The number of rotatable bonds is 11. The van der Waals surface area contributed by atoms with Gasteiger partial charge < -0.3 is 15.0 Å². The molecule has 0 saturated heterocycles. The quantitative estimate of drug-likeness (QED) is 0.635. The lowest BCUT2D eigenvalue weighted by molar-refractivity contribution is 0.244. The smallest absolute Gasteiger partial charge is 0.119 e. The predicted molar refractivity (Wildman–Crippen MR) is 89.8 cm³/mol. The van der Waals surface area contributed by atoms with Gasteiger partial charge in [0.15, 0.2) is 0 Å². The number of nitrogens with zero attached hydrogens (tertiary/aromatic N) is 1. The molecule has 0 aromatic heterocycles. The molecule has 0 radical (unpaired) electrons. The molecule has 0 aliphatic rings. The predicted octanol–water partition coefficient (Wildman–Crippen LogP) is 2.86. The van der Waals surface area contributed by atoms with Crippen molar-refractivity contribution < 1.29 is 4.74 Å². The van der Waals surface area contributed by atoms with Gasteiger partial charge >= 0.3 is 0 Å². The Labute approximate surface area is 128 Å². The van der Waals surface area contributed by atoms with Gasteiger partial charge in [0.25, 0.3) is 0 Å². The van der Waals surface area contributed by atoms with Crippen molar-refractivity contribution in [2.45, 2.75) is 19.9 Å². The van der Waals surface area contributed by atoms with Crippen LogP contribution in [-0.2, 0) is 6.54 Å². The van der Waals surface area contributed by atoms with E-state index in [0.717, 1.165) is 38.5 Å². The minimum absolute atomic E-state index is 0.747. The third-order valence-electron chi connectivity index (χ3n) is 3.07. The van der Waals surface area contributed by atoms with Crippen molar-refractivity contribution in [1.29, 1.82) is 0 Å². The molecule has 0 amide bonds. The Morgan fingerprint density at radius 1 is 1.30 bits per heavy atom. The molecule has 20 heavy (non-hydrogen) atoms. The Morgan fingerprint density at radius 2 is 2.15 bits per heavy atom. The third-order valence-corrected chi connectivity index (χ3v) is 3.66. The van der Waals surface area contributed by atoms with E-state index in [1.807, 2.05) is 17.8 Å². The van der Waals surface area contributed by atoms with Crippen molar-refractivity contribution in [2.75, 3.05) is 45.3 Å². The summed E-state index contributed by atoms with van der Waals surface area (Å²) in [6.45, 7) is 6.99. The van der Waals surface area contributed by atoms with Crippen LogP contribution in [0.2, 0.25) is 0 Å². The van der Waals surface area contributed by atoms with Crippen LogP contribution in [0.25, 0.3) is 0 Å². The fourth-order valence-electron chi connectivity index (χ4n) is 1.83. The second-order valence-electron chi connectivity index (χ2n) is 4.97. The molecular formula is C16H28N2OS. The van der Waals surface area contributed by atoms with Crippen LogP contribution in [0.1, 0.15) is 18.9 Å². The summed E-state index contributed by atoms with van der Waals surface area (Å²) in [5, 5.41) is 3.41. The van der Waals surface area contributed by atoms with Crippen LogP contribution in [0.4, 0.5) is 0 Å². The van der Waals surface area contributed by atoms with Crippen LogP contribution in [0.3, 0.4) is 0 Å². The molecule has 0 heterocycles. The van der Waals surface area contributed by atoms with Gasteiger partial charge in [0, 0.05) is 25.4 Å². The number of likely N-dealkylation sites (N-methyl/N-ethyl adjacent to an activating group) is 1. The van der Waals surface area contributed by atoms with Crippen molar-refractivity contribution in [3.8, 4) is 5.75 Å². The van der Waals surface area contributed by atoms with Crippen LogP contribution < -0.4 is 10.1 Å². The normalized spacial score (nSPS) is 11.0. The number of nitrogens with one attached hydrogen (secondary N) is 1. The molecule has 0 atom stereocenters. The average molecular weight is 296 g/mol. The Hall–Kier alpha value is -0.710. The van der Waals surface area contributed by atoms with E-state index < -0.39 is 0 Å². The topological polar surface area (TPSA) is 24.5 Å². The van der Waals surface area contributed by atoms with Gasteiger partial charge in [-0.25, -0.2) is 0 Å². The Bertz CT molecular complexity index is 360. The van der Waals surface area contributed by atoms with E-state index in [1.165, 1.54) is 17.7 Å². The molecule has 1 rings (SSSR count). The summed E-state index contributed by atoms with van der Waals surface area (Å²) >= 11 is 1.88. The highest BCUT2D eigenvalue weighted by molar-refractivity contribution is 7.98. The van der Waals surface area contributed by atoms with Crippen molar-refractivity contribution in [1.82, 2.24) is 10.2 Å². The molecule has 0 saturated carbocycles. The summed E-state index contributed by atoms with van der Waals surface area (Å²) in [5.74, 6) is 2.15. The van der Waals surface area contributed by atoms with Gasteiger partial charge in [0.2, 0.25) is 0 Å². The second-order valence-corrected chi connectivity index (χ2v) is 5.95. The Balaban J connectivity index is 2.27. The molecule has 3 nitrogen and oxygen atoms in total. The van der Waals surface area contributed by atoms with Crippen LogP contribution in [0.15, 0.2) is 24.3 Å². The maximum Gasteiger partial charge on any atom is 0.119 e. The number of ether oxygens (including phenoxy) is 1. The zero-order valence-corrected chi connectivity index (χ0v) is 13.8. The first kappa shape index (κ1) is 17.3. The monoisotopic (exact) mass is 296 g/mol. The SMILES string of the molecule is CCCNCc1cccc(OCCN(C)CCSC)c1. The first-order valence-corrected chi connectivity index (χ1v) is 8.75. The fourth-order valence-corrected chi connectivity index (χ4v) is 2.33. The van der Waals surface area contributed by atoms with E-state index in [9.17, 15) is 0 Å². The lowest BCUT2D eigenvalue weighted by Crippen LogP contribution is -2.26. The van der Waals surface area contributed by atoms with Gasteiger partial charge in [-0.05, 0) is 44.0 Å². The summed E-state index contributed by atoms with van der Waals surface area (Å²) in [6, 6.07) is 8.37. The molecule has 0 fully saturated rings. The van der Waals surface area contributed by atoms with E-state index in [4.69, 9.17) is 4.74 Å². The summed E-state index contributed by atoms with van der Waals surface area (Å²) < 4.78 is 5.83. The fraction of sp³-hybridized carbons (Fsp3) is 0.625. The molecule has 0 bridgehead atoms. The van der Waals surface area contributed by atoms with Crippen LogP contribution >= 0.6 is 11.8 Å². The van der Waals surface area contributed by atoms with Crippen molar-refractivity contribution >= 4 is 11.8 Å². The standard InChI is InChI=1S/C16H28N2OS/c1-4-8-17-14-15-6-5-7-16(13-15)19-11-9-18(2)10-12-20-3/h5-7,13,17H,4,8-12,14H2,1-3H3. The summed E-state index contributed by atoms with van der Waals surface area (Å²) in [7, 11) is 2.14. The second kappa shape index (κ2) is 11.0. The van der Waals surface area contributed by atoms with Gasteiger partial charge in [-0.15, -0.1) is 0 Å². The maximum absolute atomic E-state index is 5.83. The minimum Gasteiger partial charge on any atom is -0.492 e. The lowest BCUT2D eigenvalue weighted by atomic mass is 10.2. The molecule has 0 unspecified atom stereocenters. The van der Waals surface area contributed by atoms with E-state index in [2.05, 4.69) is 48.6 Å². The van der Waals surface area contributed by atoms with Gasteiger partial charge in [-0.2, -0.15) is 11.8 Å². The lowest BCUT2D eigenvalue weighted by Gasteiger charge is -2.16. The summed E-state index contributed by atoms with van der Waals surface area (Å²) in [5.41, 5.74) is 1.28. The molecule has 1 aromatic rings. The largest absolute Gasteiger partial charge is 0.492 e. The first-order valence-electron chi connectivity index (χ1n) is 7.36. The maximum atomic E-state index is 5.83. The van der Waals surface area contributed by atoms with Gasteiger partial charge in [-0.3, -0.25) is 0 Å². The van der Waals surface area contributed by atoms with E-state index in [1.54, 1.807) is 0 Å². The number of benzene rings is 1. The van der Waals surface area contributed by atoms with E-state index >= 15 is 0 Å². The van der Waals surface area contributed by atoms with Crippen molar-refractivity contribution in [3.05, 3.63) is 29.8 Å². The molecular weight excluding hydrogens is 268 g/mol. The first-order chi connectivity index (χ1) is 9.76. The zero-order valence-electron chi connectivity index (χ0n) is 13.0. The highest BCUT2D eigenvalue weighted by Crippen LogP contribution is 2.13. The van der Waals surface area contributed by atoms with Crippen molar-refractivity contribution in [2.24, 2.45) is 0 Å². The summed E-state index contributed by atoms with van der Waals surface area (Å²) in [6.07, 6.45) is 3.31. The van der Waals surface area contributed by atoms with Crippen LogP contribution in [0, 0.1) is 0 Å². The van der Waals surface area contributed by atoms with Gasteiger partial charge in [-0.1, -0.05) is 19.1 Å². The molecule has 4 heteroatoms. The highest BCUT2D eigenvalue weighted by Gasteiger charge is 2.00. The van der Waals surface area contributed by atoms with E-state index in [-0.39, 0.29) is 0 Å². The van der Waals surface area contributed by atoms with Crippen LogP contribution in [-0.4, -0.2) is 50.2 Å². The number of hydrogen-bond acceptors (Lipinski definition) is 4. The molecule has 114 valence electrons. The number of thioether (sulfide) groups is 1. The average Bonchev–Trinajstić information content (AvgIpc) is 2.46. The minimum atomic E-state index is 0.747. The van der Waals surface area contributed by atoms with Crippen molar-refractivity contribution in [3.63, 3.8) is 0 Å². The van der Waals surface area contributed by atoms with E-state index in [0.29, 0.717) is 0 Å². The van der Waals surface area contributed by atoms with Gasteiger partial charge in [0.1, 0.15) is 12.4 Å². The molecule has 0 aliphatic heterocycles. The highest BCUT2D eigenvalue weighted by atomic mass is 32.2.